The van der Waals surface area contributed by atoms with Crippen LogP contribution in [0.3, 0.4) is 0 Å². The van der Waals surface area contributed by atoms with Crippen molar-refractivity contribution in [1.82, 2.24) is 0 Å². The van der Waals surface area contributed by atoms with E-state index in [4.69, 9.17) is 4.74 Å². The second-order valence-electron chi connectivity index (χ2n) is 6.47. The summed E-state index contributed by atoms with van der Waals surface area (Å²) in [6, 6.07) is 12.8. The minimum absolute atomic E-state index is 0. The normalized spacial score (nSPS) is 14.3. The van der Waals surface area contributed by atoms with Crippen molar-refractivity contribution in [3.8, 4) is 5.75 Å². The maximum atomic E-state index is 5.19. The van der Waals surface area contributed by atoms with Crippen molar-refractivity contribution in [2.75, 3.05) is 20.2 Å². The van der Waals surface area contributed by atoms with E-state index in [0.717, 1.165) is 31.1 Å². The average Bonchev–Trinajstić information content (AvgIpc) is 2.97. The number of methoxy groups -OCH3 is 1. The molecule has 4 nitrogen and oxygen atoms in total. The van der Waals surface area contributed by atoms with E-state index in [0.29, 0.717) is 0 Å². The van der Waals surface area contributed by atoms with Crippen LogP contribution in [0.25, 0.3) is 0 Å². The van der Waals surface area contributed by atoms with E-state index in [9.17, 15) is 0 Å². The van der Waals surface area contributed by atoms with Gasteiger partial charge in [0.25, 0.3) is 0 Å². The molecule has 0 saturated heterocycles. The van der Waals surface area contributed by atoms with Gasteiger partial charge in [-0.25, -0.2) is 0 Å². The number of hydrogen-bond acceptors (Lipinski definition) is 2. The number of aryl methyl sites for hydroxylation is 2. The van der Waals surface area contributed by atoms with Crippen LogP contribution in [0, 0.1) is 13.8 Å². The topological polar surface area (TPSA) is 42.6 Å². The maximum absolute atomic E-state index is 5.19. The number of nitrogens with two attached hydrogens (primary N) is 1. The SMILES string of the molecule is COc1ccc(C[NH2+]CCC[NH+]2C=Nc3cc(C)c(C)cc32)cc1.[Cl-].[Cl-]. The van der Waals surface area contributed by atoms with Crippen molar-refractivity contribution in [3.05, 3.63) is 53.1 Å². The first-order chi connectivity index (χ1) is 11.7. The fourth-order valence-electron chi connectivity index (χ4n) is 3.05. The summed E-state index contributed by atoms with van der Waals surface area (Å²) in [4.78, 5) is 5.94. The van der Waals surface area contributed by atoms with Crippen molar-refractivity contribution in [2.45, 2.75) is 26.8 Å². The minimum atomic E-state index is 0. The molecule has 3 N–H and O–H groups in total. The van der Waals surface area contributed by atoms with E-state index in [1.165, 1.54) is 33.7 Å². The number of hydrogen-bond donors (Lipinski definition) is 2. The lowest BCUT2D eigenvalue weighted by Gasteiger charge is -2.11. The van der Waals surface area contributed by atoms with E-state index >= 15 is 0 Å². The first-order valence-electron chi connectivity index (χ1n) is 8.63. The number of nitrogens with zero attached hydrogens (tertiary/aromatic N) is 1. The van der Waals surface area contributed by atoms with Crippen LogP contribution in [0.5, 0.6) is 5.75 Å². The largest absolute Gasteiger partial charge is 1.00 e. The summed E-state index contributed by atoms with van der Waals surface area (Å²) in [5, 5.41) is 2.37. The predicted molar refractivity (Wildman–Crippen MR) is 97.7 cm³/mol. The Bertz CT molecular complexity index is 733. The molecule has 0 aliphatic carbocycles. The number of ether oxygens (including phenoxy) is 1. The van der Waals surface area contributed by atoms with Gasteiger partial charge in [-0.3, -0.25) is 4.90 Å². The number of fused-ring (bicyclic) bond motifs is 1. The van der Waals surface area contributed by atoms with Gasteiger partial charge < -0.3 is 34.9 Å². The van der Waals surface area contributed by atoms with Gasteiger partial charge in [0, 0.05) is 18.1 Å². The second-order valence-corrected chi connectivity index (χ2v) is 6.47. The Labute approximate surface area is 168 Å². The number of benzene rings is 2. The Balaban J connectivity index is 0.00000169. The monoisotopic (exact) mass is 395 g/mol. The molecule has 0 radical (unpaired) electrons. The smallest absolute Gasteiger partial charge is 0.194 e. The van der Waals surface area contributed by atoms with Crippen LogP contribution in [-0.4, -0.2) is 26.5 Å². The van der Waals surface area contributed by atoms with Gasteiger partial charge in [-0.1, -0.05) is 0 Å². The molecule has 0 spiro atoms. The van der Waals surface area contributed by atoms with Gasteiger partial charge in [0.15, 0.2) is 12.0 Å². The van der Waals surface area contributed by atoms with E-state index in [2.05, 4.69) is 48.4 Å². The van der Waals surface area contributed by atoms with E-state index in [1.54, 1.807) is 7.11 Å². The Morgan fingerprint density at radius 2 is 1.73 bits per heavy atom. The summed E-state index contributed by atoms with van der Waals surface area (Å²) < 4.78 is 5.19. The maximum Gasteiger partial charge on any atom is 0.194 e. The molecule has 0 aromatic heterocycles. The molecular formula is C20H27Cl2N3O. The molecule has 26 heavy (non-hydrogen) atoms. The third-order valence-electron chi connectivity index (χ3n) is 4.71. The molecular weight excluding hydrogens is 369 g/mol. The summed E-state index contributed by atoms with van der Waals surface area (Å²) in [5.74, 6) is 0.917. The standard InChI is InChI=1S/C20H25N3O.2ClH/c1-15-11-19-20(12-16(15)2)23(14-22-19)10-4-9-21-13-17-5-7-18(24-3)8-6-17;;/h5-8,11-12,14,21H,4,9-10,13H2,1-3H3;2*1H. The van der Waals surface area contributed by atoms with Crippen molar-refractivity contribution in [3.63, 3.8) is 0 Å². The van der Waals surface area contributed by atoms with Crippen LogP contribution in [-0.2, 0) is 6.54 Å². The highest BCUT2D eigenvalue weighted by molar-refractivity contribution is 5.73. The van der Waals surface area contributed by atoms with Gasteiger partial charge in [0.05, 0.1) is 20.2 Å². The van der Waals surface area contributed by atoms with Gasteiger partial charge in [-0.15, -0.1) is 0 Å². The summed E-state index contributed by atoms with van der Waals surface area (Å²) in [7, 11) is 1.70. The molecule has 2 aromatic carbocycles. The number of quaternary nitrogens is 2. The lowest BCUT2D eigenvalue weighted by Crippen LogP contribution is -3.05. The number of halogens is 2. The Hall–Kier alpha value is -1.59. The van der Waals surface area contributed by atoms with Crippen molar-refractivity contribution in [1.29, 1.82) is 0 Å². The quantitative estimate of drug-likeness (QED) is 0.457. The molecule has 1 unspecified atom stereocenters. The van der Waals surface area contributed by atoms with Gasteiger partial charge in [0.2, 0.25) is 0 Å². The molecule has 1 aliphatic rings. The van der Waals surface area contributed by atoms with Crippen LogP contribution in [0.1, 0.15) is 23.1 Å². The highest BCUT2D eigenvalue weighted by atomic mass is 35.5. The van der Waals surface area contributed by atoms with Crippen molar-refractivity contribution < 1.29 is 39.8 Å². The lowest BCUT2D eigenvalue weighted by atomic mass is 10.1. The first-order valence-corrected chi connectivity index (χ1v) is 8.63. The molecule has 2 aromatic rings. The van der Waals surface area contributed by atoms with Crippen LogP contribution in [0.2, 0.25) is 0 Å². The number of aliphatic imine (C=N–C) groups is 1. The Kier molecular flexibility index (Phi) is 9.09. The zero-order valence-electron chi connectivity index (χ0n) is 15.6. The van der Waals surface area contributed by atoms with Gasteiger partial charge in [-0.2, -0.15) is 4.99 Å². The van der Waals surface area contributed by atoms with Crippen LogP contribution >= 0.6 is 0 Å². The molecule has 6 heteroatoms. The fraction of sp³-hybridized carbons (Fsp3) is 0.350. The molecule has 3 rings (SSSR count). The van der Waals surface area contributed by atoms with Gasteiger partial charge >= 0.3 is 0 Å². The molecule has 142 valence electrons. The van der Waals surface area contributed by atoms with Crippen molar-refractivity contribution >= 4 is 17.7 Å². The summed E-state index contributed by atoms with van der Waals surface area (Å²) >= 11 is 0. The summed E-state index contributed by atoms with van der Waals surface area (Å²) in [6.07, 6.45) is 3.22. The molecule has 0 bridgehead atoms. The molecule has 1 aliphatic heterocycles. The zero-order valence-corrected chi connectivity index (χ0v) is 17.1. The summed E-state index contributed by atoms with van der Waals surface area (Å²) in [6.45, 7) is 7.56. The molecule has 1 atom stereocenters. The van der Waals surface area contributed by atoms with Crippen LogP contribution in [0.4, 0.5) is 11.4 Å². The molecule has 0 fully saturated rings. The number of rotatable bonds is 7. The Morgan fingerprint density at radius 3 is 2.42 bits per heavy atom. The molecule has 1 heterocycles. The van der Waals surface area contributed by atoms with Crippen molar-refractivity contribution in [2.24, 2.45) is 4.99 Å². The van der Waals surface area contributed by atoms with E-state index < -0.39 is 0 Å². The van der Waals surface area contributed by atoms with Crippen LogP contribution in [0.15, 0.2) is 41.4 Å². The third kappa shape index (κ3) is 5.45. The third-order valence-corrected chi connectivity index (χ3v) is 4.71. The second kappa shape index (κ2) is 10.5. The highest BCUT2D eigenvalue weighted by Gasteiger charge is 2.21. The van der Waals surface area contributed by atoms with Crippen LogP contribution < -0.4 is 39.8 Å². The van der Waals surface area contributed by atoms with E-state index in [1.807, 2.05) is 18.5 Å². The highest BCUT2D eigenvalue weighted by Crippen LogP contribution is 2.27. The lowest BCUT2D eigenvalue weighted by molar-refractivity contribution is -0.730. The molecule has 0 saturated carbocycles. The first kappa shape index (κ1) is 22.5. The van der Waals surface area contributed by atoms with E-state index in [-0.39, 0.29) is 24.8 Å². The zero-order chi connectivity index (χ0) is 16.9. The summed E-state index contributed by atoms with van der Waals surface area (Å²) in [5.41, 5.74) is 6.47. The number of nitrogens with one attached hydrogen (secondary N) is 1. The molecule has 0 amide bonds. The van der Waals surface area contributed by atoms with Gasteiger partial charge in [-0.05, 0) is 55.3 Å². The average molecular weight is 396 g/mol. The Morgan fingerprint density at radius 1 is 1.04 bits per heavy atom. The fourth-order valence-corrected chi connectivity index (χ4v) is 3.05. The minimum Gasteiger partial charge on any atom is -1.00 e. The van der Waals surface area contributed by atoms with Gasteiger partial charge in [0.1, 0.15) is 18.0 Å². The predicted octanol–water partition coefficient (Wildman–Crippen LogP) is -4.34.